The Labute approximate surface area is 134 Å². The molecule has 122 valence electrons. The number of nitrogens with zero attached hydrogens (tertiary/aromatic N) is 2. The van der Waals surface area contributed by atoms with Gasteiger partial charge in [0.2, 0.25) is 5.95 Å². The van der Waals surface area contributed by atoms with Crippen molar-refractivity contribution in [2.75, 3.05) is 17.7 Å². The summed E-state index contributed by atoms with van der Waals surface area (Å²) < 4.78 is 38.4. The van der Waals surface area contributed by atoms with E-state index < -0.39 is 11.7 Å². The van der Waals surface area contributed by atoms with Crippen molar-refractivity contribution >= 4 is 34.9 Å². The molecule has 0 saturated carbocycles. The first-order chi connectivity index (χ1) is 10.7. The van der Waals surface area contributed by atoms with E-state index in [-0.39, 0.29) is 22.6 Å². The van der Waals surface area contributed by atoms with E-state index in [1.54, 1.807) is 6.07 Å². The van der Waals surface area contributed by atoms with Crippen LogP contribution in [0.3, 0.4) is 0 Å². The van der Waals surface area contributed by atoms with Crippen LogP contribution in [0, 0.1) is 5.41 Å². The molecule has 0 spiro atoms. The number of nitrogens with one attached hydrogen (secondary N) is 3. The second-order valence-corrected chi connectivity index (χ2v) is 4.84. The van der Waals surface area contributed by atoms with Crippen LogP contribution in [-0.2, 0) is 6.18 Å². The van der Waals surface area contributed by atoms with Crippen LogP contribution in [-0.4, -0.2) is 22.9 Å². The van der Waals surface area contributed by atoms with Gasteiger partial charge in [0.25, 0.3) is 0 Å². The molecular formula is C13H12ClF3N6. The Morgan fingerprint density at radius 2 is 2.04 bits per heavy atom. The van der Waals surface area contributed by atoms with Gasteiger partial charge >= 0.3 is 6.18 Å². The number of amidine groups is 1. The van der Waals surface area contributed by atoms with Gasteiger partial charge in [-0.1, -0.05) is 11.6 Å². The summed E-state index contributed by atoms with van der Waals surface area (Å²) >= 11 is 6.03. The minimum absolute atomic E-state index is 0.0557. The number of rotatable bonds is 4. The standard InChI is InChI=1S/C13H12ClF3N6/c1-20-11-7(13(15,16)17)5-21-12(23-11)22-9-3-2-6(10(18)19)4-8(9)14/h2-5H,1H3,(H3,18,19)(H2,20,21,22,23). The summed E-state index contributed by atoms with van der Waals surface area (Å²) in [6.45, 7) is 0. The van der Waals surface area contributed by atoms with Gasteiger partial charge < -0.3 is 16.4 Å². The second-order valence-electron chi connectivity index (χ2n) is 4.44. The number of hydrogen-bond acceptors (Lipinski definition) is 5. The smallest absolute Gasteiger partial charge is 0.384 e. The quantitative estimate of drug-likeness (QED) is 0.504. The van der Waals surface area contributed by atoms with Crippen molar-refractivity contribution in [1.29, 1.82) is 5.41 Å². The van der Waals surface area contributed by atoms with Crippen LogP contribution in [0.15, 0.2) is 24.4 Å². The van der Waals surface area contributed by atoms with Gasteiger partial charge in [-0.2, -0.15) is 18.2 Å². The third-order valence-corrected chi connectivity index (χ3v) is 3.17. The number of benzene rings is 1. The summed E-state index contributed by atoms with van der Waals surface area (Å²) in [6, 6.07) is 4.52. The number of anilines is 3. The van der Waals surface area contributed by atoms with Crippen LogP contribution in [0.5, 0.6) is 0 Å². The fourth-order valence-electron chi connectivity index (χ4n) is 1.74. The minimum Gasteiger partial charge on any atom is -0.384 e. The molecule has 0 bridgehead atoms. The lowest BCUT2D eigenvalue weighted by Crippen LogP contribution is -2.13. The fourth-order valence-corrected chi connectivity index (χ4v) is 1.97. The Morgan fingerprint density at radius 1 is 1.35 bits per heavy atom. The van der Waals surface area contributed by atoms with Crippen molar-refractivity contribution < 1.29 is 13.2 Å². The van der Waals surface area contributed by atoms with Gasteiger partial charge in [-0.3, -0.25) is 5.41 Å². The van der Waals surface area contributed by atoms with Crippen LogP contribution in [0.25, 0.3) is 0 Å². The molecule has 0 fully saturated rings. The Balaban J connectivity index is 2.32. The van der Waals surface area contributed by atoms with Crippen LogP contribution in [0.2, 0.25) is 5.02 Å². The molecule has 1 aromatic carbocycles. The van der Waals surface area contributed by atoms with E-state index in [4.69, 9.17) is 22.7 Å². The summed E-state index contributed by atoms with van der Waals surface area (Å²) in [7, 11) is 1.33. The fraction of sp³-hybridized carbons (Fsp3) is 0.154. The summed E-state index contributed by atoms with van der Waals surface area (Å²) in [6.07, 6.45) is -3.88. The molecule has 0 aliphatic carbocycles. The van der Waals surface area contributed by atoms with E-state index in [0.717, 1.165) is 0 Å². The molecule has 1 aromatic heterocycles. The molecule has 0 atom stereocenters. The van der Waals surface area contributed by atoms with Crippen molar-refractivity contribution in [1.82, 2.24) is 9.97 Å². The molecule has 5 N–H and O–H groups in total. The molecule has 23 heavy (non-hydrogen) atoms. The third-order valence-electron chi connectivity index (χ3n) is 2.86. The maximum Gasteiger partial charge on any atom is 0.421 e. The Hall–Kier alpha value is -2.55. The van der Waals surface area contributed by atoms with E-state index >= 15 is 0 Å². The van der Waals surface area contributed by atoms with Crippen LogP contribution in [0.4, 0.5) is 30.6 Å². The topological polar surface area (TPSA) is 99.7 Å². The van der Waals surface area contributed by atoms with Gasteiger partial charge in [-0.25, -0.2) is 4.98 Å². The molecular weight excluding hydrogens is 333 g/mol. The lowest BCUT2D eigenvalue weighted by Gasteiger charge is -2.13. The highest BCUT2D eigenvalue weighted by Gasteiger charge is 2.35. The van der Waals surface area contributed by atoms with Crippen molar-refractivity contribution in [3.63, 3.8) is 0 Å². The predicted molar refractivity (Wildman–Crippen MR) is 82.3 cm³/mol. The van der Waals surface area contributed by atoms with E-state index in [9.17, 15) is 13.2 Å². The van der Waals surface area contributed by atoms with Crippen LogP contribution in [0.1, 0.15) is 11.1 Å². The van der Waals surface area contributed by atoms with Gasteiger partial charge in [-0.15, -0.1) is 0 Å². The number of aromatic nitrogens is 2. The van der Waals surface area contributed by atoms with E-state index in [1.807, 2.05) is 0 Å². The largest absolute Gasteiger partial charge is 0.421 e. The van der Waals surface area contributed by atoms with E-state index in [0.29, 0.717) is 17.4 Å². The highest BCUT2D eigenvalue weighted by Crippen LogP contribution is 2.34. The maximum atomic E-state index is 12.8. The highest BCUT2D eigenvalue weighted by molar-refractivity contribution is 6.33. The maximum absolute atomic E-state index is 12.8. The Morgan fingerprint density at radius 3 is 2.57 bits per heavy atom. The van der Waals surface area contributed by atoms with Crippen LogP contribution >= 0.6 is 11.6 Å². The third kappa shape index (κ3) is 3.81. The van der Waals surface area contributed by atoms with Gasteiger partial charge in [0.1, 0.15) is 17.2 Å². The van der Waals surface area contributed by atoms with E-state index in [1.165, 1.54) is 19.2 Å². The second kappa shape index (κ2) is 6.29. The van der Waals surface area contributed by atoms with Crippen molar-refractivity contribution in [3.8, 4) is 0 Å². The average Bonchev–Trinajstić information content (AvgIpc) is 2.47. The molecule has 0 saturated heterocycles. The molecule has 2 rings (SSSR count). The van der Waals surface area contributed by atoms with Gasteiger partial charge in [0.05, 0.1) is 10.7 Å². The molecule has 0 radical (unpaired) electrons. The predicted octanol–water partition coefficient (Wildman–Crippen LogP) is 3.22. The van der Waals surface area contributed by atoms with Gasteiger partial charge in [0.15, 0.2) is 0 Å². The van der Waals surface area contributed by atoms with Crippen molar-refractivity contribution in [2.24, 2.45) is 5.73 Å². The van der Waals surface area contributed by atoms with Crippen molar-refractivity contribution in [2.45, 2.75) is 6.18 Å². The number of halogens is 4. The zero-order valence-corrected chi connectivity index (χ0v) is 12.5. The van der Waals surface area contributed by atoms with Crippen LogP contribution < -0.4 is 16.4 Å². The molecule has 0 unspecified atom stereocenters. The first kappa shape index (κ1) is 16.8. The van der Waals surface area contributed by atoms with E-state index in [2.05, 4.69) is 20.6 Å². The summed E-state index contributed by atoms with van der Waals surface area (Å²) in [5.41, 5.74) is 5.17. The zero-order chi connectivity index (χ0) is 17.2. The molecule has 6 nitrogen and oxygen atoms in total. The molecule has 2 aromatic rings. The first-order valence-electron chi connectivity index (χ1n) is 6.25. The lowest BCUT2D eigenvalue weighted by atomic mass is 10.2. The number of nitrogens with two attached hydrogens (primary N) is 1. The van der Waals surface area contributed by atoms with Gasteiger partial charge in [-0.05, 0) is 18.2 Å². The summed E-state index contributed by atoms with van der Waals surface area (Å²) in [5.74, 6) is -0.562. The number of nitrogen functional groups attached to an aromatic ring is 1. The zero-order valence-electron chi connectivity index (χ0n) is 11.8. The van der Waals surface area contributed by atoms with Crippen molar-refractivity contribution in [3.05, 3.63) is 40.5 Å². The Bertz CT molecular complexity index is 747. The lowest BCUT2D eigenvalue weighted by molar-refractivity contribution is -0.137. The molecule has 0 aliphatic rings. The molecule has 10 heteroatoms. The number of alkyl halides is 3. The van der Waals surface area contributed by atoms with Gasteiger partial charge in [0, 0.05) is 18.8 Å². The number of hydrogen-bond donors (Lipinski definition) is 4. The highest BCUT2D eigenvalue weighted by atomic mass is 35.5. The molecule has 0 aliphatic heterocycles. The minimum atomic E-state index is -4.56. The summed E-state index contributed by atoms with van der Waals surface area (Å²) in [5, 5.41) is 12.6. The molecule has 1 heterocycles. The molecule has 0 amide bonds. The monoisotopic (exact) mass is 344 g/mol. The SMILES string of the molecule is CNc1nc(Nc2ccc(C(=N)N)cc2Cl)ncc1C(F)(F)F. The average molecular weight is 345 g/mol. The first-order valence-corrected chi connectivity index (χ1v) is 6.63. The normalized spacial score (nSPS) is 11.2. The Kier molecular flexibility index (Phi) is 4.60. The summed E-state index contributed by atoms with van der Waals surface area (Å²) in [4.78, 5) is 7.41.